The van der Waals surface area contributed by atoms with Crippen molar-refractivity contribution in [2.24, 2.45) is 29.6 Å². The monoisotopic (exact) mass is 467 g/mol. The molecular weight excluding hydrogens is 446 g/mol. The van der Waals surface area contributed by atoms with Crippen molar-refractivity contribution >= 4 is 33.9 Å². The number of rotatable bonds is 6. The van der Waals surface area contributed by atoms with E-state index >= 15 is 0 Å². The highest BCUT2D eigenvalue weighted by Gasteiger charge is 2.67. The summed E-state index contributed by atoms with van der Waals surface area (Å²) in [7, 11) is 0. The molecule has 3 aliphatic carbocycles. The van der Waals surface area contributed by atoms with Crippen molar-refractivity contribution in [3.63, 3.8) is 0 Å². The Balaban J connectivity index is 1.26. The number of fused-ring (bicyclic) bond motifs is 5. The number of hydrogen-bond acceptors (Lipinski definition) is 3. The lowest BCUT2D eigenvalue weighted by atomic mass is 10.0. The molecule has 2 N–H and O–H groups in total. The van der Waals surface area contributed by atoms with Crippen molar-refractivity contribution in [1.82, 2.24) is 5.32 Å². The van der Waals surface area contributed by atoms with Gasteiger partial charge in [-0.05, 0) is 94.8 Å². The second-order valence-corrected chi connectivity index (χ2v) is 9.32. The highest BCUT2D eigenvalue weighted by molar-refractivity contribution is 9.10. The van der Waals surface area contributed by atoms with Gasteiger partial charge in [-0.3, -0.25) is 4.79 Å². The van der Waals surface area contributed by atoms with Crippen LogP contribution in [0, 0.1) is 29.6 Å². The number of carboxylic acids is 1. The topological polar surface area (TPSA) is 75.6 Å². The third-order valence-corrected chi connectivity index (χ3v) is 7.44. The summed E-state index contributed by atoms with van der Waals surface area (Å²) in [6.45, 7) is 0. The maximum atomic E-state index is 12.7. The standard InChI is InChI=1S/C24H22BrNO4/c25-17-3-1-2-4-19(17)30-16-9-5-13(6-10-16)11-18(24(28)29)26-23(27)22-20-14-7-8-15(12-14)21(20)22/h1-6,9-11,14-15,20-22H,7-8,12H2,(H,26,27)(H,28,29). The van der Waals surface area contributed by atoms with E-state index in [0.29, 0.717) is 40.7 Å². The first-order valence-corrected chi connectivity index (χ1v) is 11.1. The normalized spacial score (nSPS) is 28.7. The van der Waals surface area contributed by atoms with Crippen LogP contribution in [-0.4, -0.2) is 17.0 Å². The fraction of sp³-hybridized carbons (Fsp3) is 0.333. The van der Waals surface area contributed by atoms with Gasteiger partial charge in [0.25, 0.3) is 0 Å². The Bertz CT molecular complexity index is 1020. The second-order valence-electron chi connectivity index (χ2n) is 8.47. The number of carboxylic acid groups (broad SMARTS) is 1. The number of hydrogen-bond donors (Lipinski definition) is 2. The average molecular weight is 468 g/mol. The Hall–Kier alpha value is -2.60. The van der Waals surface area contributed by atoms with Crippen LogP contribution in [0.1, 0.15) is 24.8 Å². The van der Waals surface area contributed by atoms with E-state index in [1.54, 1.807) is 24.3 Å². The Morgan fingerprint density at radius 3 is 2.33 bits per heavy atom. The summed E-state index contributed by atoms with van der Waals surface area (Å²) in [5, 5.41) is 12.2. The van der Waals surface area contributed by atoms with Gasteiger partial charge < -0.3 is 15.2 Å². The maximum Gasteiger partial charge on any atom is 0.352 e. The lowest BCUT2D eigenvalue weighted by Crippen LogP contribution is -2.30. The van der Waals surface area contributed by atoms with Crippen LogP contribution < -0.4 is 10.1 Å². The van der Waals surface area contributed by atoms with Gasteiger partial charge in [0, 0.05) is 5.92 Å². The summed E-state index contributed by atoms with van der Waals surface area (Å²) >= 11 is 3.45. The Labute approximate surface area is 183 Å². The van der Waals surface area contributed by atoms with Gasteiger partial charge in [0.05, 0.1) is 4.47 Å². The van der Waals surface area contributed by atoms with Crippen LogP contribution >= 0.6 is 15.9 Å². The zero-order valence-electron chi connectivity index (χ0n) is 16.3. The lowest BCUT2D eigenvalue weighted by molar-refractivity contribution is -0.134. The number of carbonyl (C=O) groups is 2. The molecule has 2 bridgehead atoms. The molecule has 0 aliphatic heterocycles. The largest absolute Gasteiger partial charge is 0.477 e. The van der Waals surface area contributed by atoms with Crippen LogP contribution in [0.5, 0.6) is 11.5 Å². The van der Waals surface area contributed by atoms with Gasteiger partial charge in [-0.15, -0.1) is 0 Å². The lowest BCUT2D eigenvalue weighted by Gasteiger charge is -2.10. The number of benzene rings is 2. The molecule has 4 unspecified atom stereocenters. The van der Waals surface area contributed by atoms with Crippen molar-refractivity contribution < 1.29 is 19.4 Å². The number of para-hydroxylation sites is 1. The summed E-state index contributed by atoms with van der Waals surface area (Å²) in [5.41, 5.74) is 0.597. The number of ether oxygens (including phenoxy) is 1. The predicted molar refractivity (Wildman–Crippen MR) is 116 cm³/mol. The summed E-state index contributed by atoms with van der Waals surface area (Å²) in [4.78, 5) is 24.4. The first-order chi connectivity index (χ1) is 14.5. The van der Waals surface area contributed by atoms with E-state index < -0.39 is 5.97 Å². The molecule has 0 heterocycles. The van der Waals surface area contributed by atoms with Gasteiger partial charge in [0.1, 0.15) is 17.2 Å². The van der Waals surface area contributed by atoms with E-state index in [4.69, 9.17) is 4.74 Å². The minimum atomic E-state index is -1.13. The Morgan fingerprint density at radius 2 is 1.70 bits per heavy atom. The minimum Gasteiger partial charge on any atom is -0.477 e. The molecule has 2 aromatic carbocycles. The maximum absolute atomic E-state index is 12.7. The van der Waals surface area contributed by atoms with Crippen molar-refractivity contribution in [2.75, 3.05) is 0 Å². The van der Waals surface area contributed by atoms with Crippen LogP contribution in [0.3, 0.4) is 0 Å². The van der Waals surface area contributed by atoms with E-state index in [1.807, 2.05) is 24.3 Å². The summed E-state index contributed by atoms with van der Waals surface area (Å²) in [6, 6.07) is 14.6. The van der Waals surface area contributed by atoms with Crippen LogP contribution in [0.15, 0.2) is 58.7 Å². The molecule has 3 saturated carbocycles. The molecule has 5 nitrogen and oxygen atoms in total. The smallest absolute Gasteiger partial charge is 0.352 e. The predicted octanol–water partition coefficient (Wildman–Crippen LogP) is 5.08. The summed E-state index contributed by atoms with van der Waals surface area (Å²) in [6.07, 6.45) is 5.21. The molecule has 0 radical (unpaired) electrons. The number of nitrogens with one attached hydrogen (secondary N) is 1. The molecule has 30 heavy (non-hydrogen) atoms. The zero-order valence-corrected chi connectivity index (χ0v) is 17.8. The van der Waals surface area contributed by atoms with Crippen LogP contribution in [0.25, 0.3) is 6.08 Å². The first kappa shape index (κ1) is 19.4. The minimum absolute atomic E-state index is 0.000838. The molecule has 0 spiro atoms. The van der Waals surface area contributed by atoms with E-state index in [2.05, 4.69) is 21.2 Å². The number of carbonyl (C=O) groups excluding carboxylic acids is 1. The first-order valence-electron chi connectivity index (χ1n) is 10.3. The fourth-order valence-corrected chi connectivity index (χ4v) is 5.86. The van der Waals surface area contributed by atoms with Crippen molar-refractivity contribution in [3.05, 3.63) is 64.3 Å². The van der Waals surface area contributed by atoms with Gasteiger partial charge in [-0.1, -0.05) is 24.3 Å². The SMILES string of the molecule is O=C(O)C(=Cc1ccc(Oc2ccccc2Br)cc1)NC(=O)C1C2C3CCC(C3)C12. The van der Waals surface area contributed by atoms with Crippen molar-refractivity contribution in [2.45, 2.75) is 19.3 Å². The Morgan fingerprint density at radius 1 is 1.03 bits per heavy atom. The molecule has 2 aromatic rings. The van der Waals surface area contributed by atoms with Crippen LogP contribution in [0.4, 0.5) is 0 Å². The number of aliphatic carboxylic acids is 1. The Kier molecular flexibility index (Phi) is 4.89. The second kappa shape index (κ2) is 7.58. The molecule has 6 heteroatoms. The zero-order chi connectivity index (χ0) is 20.8. The highest BCUT2D eigenvalue weighted by atomic mass is 79.9. The van der Waals surface area contributed by atoms with Gasteiger partial charge in [-0.2, -0.15) is 0 Å². The molecule has 1 amide bonds. The van der Waals surface area contributed by atoms with E-state index in [9.17, 15) is 14.7 Å². The molecule has 5 rings (SSSR count). The number of halogens is 1. The van der Waals surface area contributed by atoms with Crippen LogP contribution in [-0.2, 0) is 9.59 Å². The molecule has 3 aliphatic rings. The summed E-state index contributed by atoms with van der Waals surface area (Å²) in [5.74, 6) is 2.37. The third kappa shape index (κ3) is 3.54. The van der Waals surface area contributed by atoms with Crippen molar-refractivity contribution in [3.8, 4) is 11.5 Å². The molecular formula is C24H22BrNO4. The highest BCUT2D eigenvalue weighted by Crippen LogP contribution is 2.69. The van der Waals surface area contributed by atoms with E-state index in [0.717, 1.165) is 4.47 Å². The molecule has 0 saturated heterocycles. The molecule has 4 atom stereocenters. The molecule has 3 fully saturated rings. The van der Waals surface area contributed by atoms with Gasteiger partial charge in [0.2, 0.25) is 5.91 Å². The van der Waals surface area contributed by atoms with Gasteiger partial charge in [0.15, 0.2) is 0 Å². The average Bonchev–Trinajstić information content (AvgIpc) is 3.18. The van der Waals surface area contributed by atoms with E-state index in [-0.39, 0.29) is 17.5 Å². The van der Waals surface area contributed by atoms with Gasteiger partial charge >= 0.3 is 5.97 Å². The fourth-order valence-electron chi connectivity index (χ4n) is 5.50. The van der Waals surface area contributed by atoms with Gasteiger partial charge in [-0.25, -0.2) is 4.79 Å². The molecule has 0 aromatic heterocycles. The van der Waals surface area contributed by atoms with E-state index in [1.165, 1.54) is 25.3 Å². The number of amides is 1. The molecule has 154 valence electrons. The third-order valence-electron chi connectivity index (χ3n) is 6.78. The quantitative estimate of drug-likeness (QED) is 0.581. The van der Waals surface area contributed by atoms with Crippen molar-refractivity contribution in [1.29, 1.82) is 0 Å². The summed E-state index contributed by atoms with van der Waals surface area (Å²) < 4.78 is 6.69. The van der Waals surface area contributed by atoms with Crippen LogP contribution in [0.2, 0.25) is 0 Å².